The normalized spacial score (nSPS) is 20.0. The van der Waals surface area contributed by atoms with Gasteiger partial charge in [-0.25, -0.2) is 13.9 Å². The number of fused-ring (bicyclic) bond motifs is 1. The van der Waals surface area contributed by atoms with E-state index in [1.54, 1.807) is 0 Å². The summed E-state index contributed by atoms with van der Waals surface area (Å²) in [5.74, 6) is 0.451. The Kier molecular flexibility index (Phi) is 5.08. The summed E-state index contributed by atoms with van der Waals surface area (Å²) in [7, 11) is 0. The summed E-state index contributed by atoms with van der Waals surface area (Å²) in [5, 5.41) is 4.73. The molecule has 2 aromatic heterocycles. The second-order valence-electron chi connectivity index (χ2n) is 7.86. The lowest BCUT2D eigenvalue weighted by Crippen LogP contribution is -2.39. The van der Waals surface area contributed by atoms with Crippen molar-refractivity contribution in [3.63, 3.8) is 0 Å². The van der Waals surface area contributed by atoms with Gasteiger partial charge in [0.2, 0.25) is 0 Å². The van der Waals surface area contributed by atoms with E-state index in [-0.39, 0.29) is 17.6 Å². The van der Waals surface area contributed by atoms with Gasteiger partial charge in [0.15, 0.2) is 11.5 Å². The Morgan fingerprint density at radius 3 is 2.67 bits per heavy atom. The van der Waals surface area contributed by atoms with Crippen LogP contribution in [-0.4, -0.2) is 64.8 Å². The van der Waals surface area contributed by atoms with Crippen LogP contribution in [0.2, 0.25) is 0 Å². The van der Waals surface area contributed by atoms with Crippen LogP contribution >= 0.6 is 0 Å². The van der Waals surface area contributed by atoms with Crippen LogP contribution in [0.3, 0.4) is 0 Å². The molecule has 2 fully saturated rings. The molecule has 0 spiro atoms. The van der Waals surface area contributed by atoms with Crippen LogP contribution in [0.5, 0.6) is 0 Å². The minimum absolute atomic E-state index is 0.0712. The lowest BCUT2D eigenvalue weighted by atomic mass is 9.96. The van der Waals surface area contributed by atoms with Gasteiger partial charge in [0, 0.05) is 37.7 Å². The maximum absolute atomic E-state index is 13.2. The lowest BCUT2D eigenvalue weighted by Gasteiger charge is -2.31. The SMILES string of the molecule is O=C(c1ccc(F)cc1)N1CCC[C@@H](c2nc3ccc(N4CCOCC4)cn3n2)C1. The summed E-state index contributed by atoms with van der Waals surface area (Å²) in [6.07, 6.45) is 3.86. The van der Waals surface area contributed by atoms with Crippen molar-refractivity contribution in [1.82, 2.24) is 19.5 Å². The number of likely N-dealkylation sites (tertiary alicyclic amines) is 1. The third kappa shape index (κ3) is 3.75. The van der Waals surface area contributed by atoms with E-state index in [0.29, 0.717) is 18.7 Å². The molecular weight excluding hydrogens is 385 g/mol. The number of hydrogen-bond acceptors (Lipinski definition) is 5. The fourth-order valence-electron chi connectivity index (χ4n) is 4.22. The number of hydrogen-bond donors (Lipinski definition) is 0. The third-order valence-corrected chi connectivity index (χ3v) is 5.87. The summed E-state index contributed by atoms with van der Waals surface area (Å²) < 4.78 is 20.4. The first-order valence-electron chi connectivity index (χ1n) is 10.4. The minimum atomic E-state index is -0.339. The van der Waals surface area contributed by atoms with Crippen molar-refractivity contribution >= 4 is 17.2 Å². The van der Waals surface area contributed by atoms with E-state index in [1.165, 1.54) is 24.3 Å². The van der Waals surface area contributed by atoms with Crippen LogP contribution in [0, 0.1) is 5.82 Å². The number of nitrogens with zero attached hydrogens (tertiary/aromatic N) is 5. The molecule has 0 saturated carbocycles. The van der Waals surface area contributed by atoms with Crippen molar-refractivity contribution < 1.29 is 13.9 Å². The van der Waals surface area contributed by atoms with Crippen LogP contribution in [0.1, 0.15) is 34.9 Å². The molecule has 1 amide bonds. The highest BCUT2D eigenvalue weighted by Crippen LogP contribution is 2.27. The fraction of sp³-hybridized carbons (Fsp3) is 0.409. The van der Waals surface area contributed by atoms with Gasteiger partial charge in [-0.2, -0.15) is 5.10 Å². The molecule has 8 heteroatoms. The Morgan fingerprint density at radius 1 is 1.07 bits per heavy atom. The van der Waals surface area contributed by atoms with E-state index >= 15 is 0 Å². The molecule has 7 nitrogen and oxygen atoms in total. The Hall–Kier alpha value is -3.00. The van der Waals surface area contributed by atoms with E-state index in [1.807, 2.05) is 21.7 Å². The lowest BCUT2D eigenvalue weighted by molar-refractivity contribution is 0.0704. The van der Waals surface area contributed by atoms with Crippen LogP contribution < -0.4 is 4.90 Å². The summed E-state index contributed by atoms with van der Waals surface area (Å²) in [6.45, 7) is 4.48. The first-order valence-corrected chi connectivity index (χ1v) is 10.4. The second kappa shape index (κ2) is 8.02. The number of rotatable bonds is 3. The van der Waals surface area contributed by atoms with Gasteiger partial charge in [0.25, 0.3) is 5.91 Å². The van der Waals surface area contributed by atoms with Crippen LogP contribution in [0.25, 0.3) is 5.65 Å². The summed E-state index contributed by atoms with van der Waals surface area (Å²) in [4.78, 5) is 21.7. The first-order chi connectivity index (χ1) is 14.7. The number of piperidine rings is 1. The molecule has 0 radical (unpaired) electrons. The zero-order valence-corrected chi connectivity index (χ0v) is 16.7. The molecule has 2 aliphatic rings. The van der Waals surface area contributed by atoms with Gasteiger partial charge in [-0.1, -0.05) is 0 Å². The van der Waals surface area contributed by atoms with Crippen molar-refractivity contribution in [3.05, 3.63) is 59.8 Å². The summed E-state index contributed by atoms with van der Waals surface area (Å²) >= 11 is 0. The zero-order chi connectivity index (χ0) is 20.5. The highest BCUT2D eigenvalue weighted by Gasteiger charge is 2.28. The zero-order valence-electron chi connectivity index (χ0n) is 16.7. The van der Waals surface area contributed by atoms with Gasteiger partial charge in [-0.15, -0.1) is 0 Å². The number of ether oxygens (including phenoxy) is 1. The predicted molar refractivity (Wildman–Crippen MR) is 110 cm³/mol. The average Bonchev–Trinajstić information content (AvgIpc) is 3.23. The maximum Gasteiger partial charge on any atom is 0.253 e. The third-order valence-electron chi connectivity index (χ3n) is 5.87. The molecule has 156 valence electrons. The van der Waals surface area contributed by atoms with Crippen molar-refractivity contribution in [1.29, 1.82) is 0 Å². The molecule has 0 N–H and O–H groups in total. The first kappa shape index (κ1) is 19.0. The molecule has 5 rings (SSSR count). The number of pyridine rings is 1. The molecule has 2 aliphatic heterocycles. The molecule has 4 heterocycles. The molecule has 30 heavy (non-hydrogen) atoms. The summed E-state index contributed by atoms with van der Waals surface area (Å²) in [5.41, 5.74) is 2.43. The van der Waals surface area contributed by atoms with Gasteiger partial charge in [-0.3, -0.25) is 4.79 Å². The van der Waals surface area contributed by atoms with Crippen LogP contribution in [0.15, 0.2) is 42.6 Å². The van der Waals surface area contributed by atoms with E-state index in [9.17, 15) is 9.18 Å². The molecule has 2 saturated heterocycles. The van der Waals surface area contributed by atoms with Crippen LogP contribution in [0.4, 0.5) is 10.1 Å². The molecular formula is C22H24FN5O2. The Bertz CT molecular complexity index is 1050. The standard InChI is InChI=1S/C22H24FN5O2/c23-18-5-3-16(4-6-18)22(29)27-9-1-2-17(14-27)21-24-20-8-7-19(15-28(20)25-21)26-10-12-30-13-11-26/h3-8,15,17H,1-2,9-14H2/t17-/m1/s1. The largest absolute Gasteiger partial charge is 0.378 e. The number of benzene rings is 1. The van der Waals surface area contributed by atoms with Crippen molar-refractivity contribution in [2.24, 2.45) is 0 Å². The topological polar surface area (TPSA) is 63.0 Å². The quantitative estimate of drug-likeness (QED) is 0.666. The molecule has 3 aromatic rings. The van der Waals surface area contributed by atoms with Gasteiger partial charge in [-0.05, 0) is 49.2 Å². The van der Waals surface area contributed by atoms with E-state index in [2.05, 4.69) is 11.0 Å². The molecule has 0 aliphatic carbocycles. The van der Waals surface area contributed by atoms with Crippen molar-refractivity contribution in [2.75, 3.05) is 44.3 Å². The van der Waals surface area contributed by atoms with Gasteiger partial charge in [0.1, 0.15) is 5.82 Å². The van der Waals surface area contributed by atoms with Gasteiger partial charge in [0.05, 0.1) is 25.1 Å². The Balaban J connectivity index is 1.34. The van der Waals surface area contributed by atoms with E-state index in [4.69, 9.17) is 14.8 Å². The smallest absolute Gasteiger partial charge is 0.253 e. The Labute approximate surface area is 174 Å². The number of carbonyl (C=O) groups excluding carboxylic acids is 1. The monoisotopic (exact) mass is 409 g/mol. The van der Waals surface area contributed by atoms with E-state index in [0.717, 1.165) is 56.3 Å². The number of morpholine rings is 1. The number of halogens is 1. The maximum atomic E-state index is 13.2. The Morgan fingerprint density at radius 2 is 1.87 bits per heavy atom. The van der Waals surface area contributed by atoms with Gasteiger partial charge >= 0.3 is 0 Å². The molecule has 1 aromatic carbocycles. The fourth-order valence-corrected chi connectivity index (χ4v) is 4.22. The highest BCUT2D eigenvalue weighted by molar-refractivity contribution is 5.94. The number of aromatic nitrogens is 3. The minimum Gasteiger partial charge on any atom is -0.378 e. The molecule has 0 unspecified atom stereocenters. The van der Waals surface area contributed by atoms with Crippen LogP contribution in [-0.2, 0) is 4.74 Å². The van der Waals surface area contributed by atoms with Crippen molar-refractivity contribution in [2.45, 2.75) is 18.8 Å². The van der Waals surface area contributed by atoms with E-state index < -0.39 is 0 Å². The predicted octanol–water partition coefficient (Wildman–Crippen LogP) is 2.72. The number of carbonyl (C=O) groups is 1. The average molecular weight is 409 g/mol. The highest BCUT2D eigenvalue weighted by atomic mass is 19.1. The number of anilines is 1. The second-order valence-corrected chi connectivity index (χ2v) is 7.86. The molecule has 0 bridgehead atoms. The molecule has 1 atom stereocenters. The van der Waals surface area contributed by atoms with Gasteiger partial charge < -0.3 is 14.5 Å². The number of amides is 1. The van der Waals surface area contributed by atoms with Crippen molar-refractivity contribution in [3.8, 4) is 0 Å². The summed E-state index contributed by atoms with van der Waals surface area (Å²) in [6, 6.07) is 9.79.